The molecule has 2 fully saturated rings. The highest BCUT2D eigenvalue weighted by Gasteiger charge is 2.32. The fourth-order valence-electron chi connectivity index (χ4n) is 2.38. The van der Waals surface area contributed by atoms with E-state index < -0.39 is 0 Å². The van der Waals surface area contributed by atoms with Gasteiger partial charge in [0.1, 0.15) is 0 Å². The zero-order valence-electron chi connectivity index (χ0n) is 9.84. The number of hydrogen-bond acceptors (Lipinski definition) is 4. The van der Waals surface area contributed by atoms with Crippen molar-refractivity contribution in [3.8, 4) is 0 Å². The van der Waals surface area contributed by atoms with Crippen LogP contribution >= 0.6 is 11.5 Å². The maximum atomic E-state index is 12.0. The third-order valence-electron chi connectivity index (χ3n) is 3.57. The van der Waals surface area contributed by atoms with E-state index in [0.717, 1.165) is 37.8 Å². The van der Waals surface area contributed by atoms with Crippen molar-refractivity contribution in [2.45, 2.75) is 25.3 Å². The SMILES string of the molecule is O=C(Cc1cnsc1)N1CCN(C2CC2)CC1. The number of carbonyl (C=O) groups excluding carboxylic acids is 1. The van der Waals surface area contributed by atoms with Crippen LogP contribution in [0, 0.1) is 0 Å². The van der Waals surface area contributed by atoms with E-state index in [0.29, 0.717) is 6.42 Å². The first kappa shape index (κ1) is 11.2. The van der Waals surface area contributed by atoms with Crippen LogP contribution in [-0.2, 0) is 11.2 Å². The quantitative estimate of drug-likeness (QED) is 0.804. The van der Waals surface area contributed by atoms with E-state index in [2.05, 4.69) is 9.27 Å². The monoisotopic (exact) mass is 251 g/mol. The van der Waals surface area contributed by atoms with Crippen LogP contribution in [-0.4, -0.2) is 52.3 Å². The second-order valence-corrected chi connectivity index (χ2v) is 5.51. The number of rotatable bonds is 3. The van der Waals surface area contributed by atoms with Crippen molar-refractivity contribution >= 4 is 17.4 Å². The molecule has 0 unspecified atom stereocenters. The molecule has 1 aromatic heterocycles. The van der Waals surface area contributed by atoms with E-state index >= 15 is 0 Å². The number of amides is 1. The second-order valence-electron chi connectivity index (χ2n) is 4.86. The first-order chi connectivity index (χ1) is 8.33. The van der Waals surface area contributed by atoms with Crippen LogP contribution < -0.4 is 0 Å². The van der Waals surface area contributed by atoms with Gasteiger partial charge in [-0.25, -0.2) is 4.37 Å². The molecule has 0 spiro atoms. The van der Waals surface area contributed by atoms with Gasteiger partial charge in [-0.1, -0.05) is 0 Å². The summed E-state index contributed by atoms with van der Waals surface area (Å²) in [5.74, 6) is 0.251. The Bertz CT molecular complexity index is 380. The van der Waals surface area contributed by atoms with E-state index in [9.17, 15) is 4.79 Å². The zero-order chi connectivity index (χ0) is 11.7. The number of aromatic nitrogens is 1. The number of carbonyl (C=O) groups is 1. The zero-order valence-corrected chi connectivity index (χ0v) is 10.7. The van der Waals surface area contributed by atoms with Crippen molar-refractivity contribution in [2.75, 3.05) is 26.2 Å². The van der Waals surface area contributed by atoms with Crippen molar-refractivity contribution in [1.82, 2.24) is 14.2 Å². The average Bonchev–Trinajstić information content (AvgIpc) is 3.09. The fourth-order valence-corrected chi connectivity index (χ4v) is 2.91. The normalized spacial score (nSPS) is 21.8. The third-order valence-corrected chi connectivity index (χ3v) is 4.20. The van der Waals surface area contributed by atoms with Crippen molar-refractivity contribution in [2.24, 2.45) is 0 Å². The first-order valence-electron chi connectivity index (χ1n) is 6.23. The lowest BCUT2D eigenvalue weighted by atomic mass is 10.2. The summed E-state index contributed by atoms with van der Waals surface area (Å²) in [7, 11) is 0. The maximum absolute atomic E-state index is 12.0. The molecule has 0 atom stereocenters. The van der Waals surface area contributed by atoms with E-state index in [-0.39, 0.29) is 5.91 Å². The predicted molar refractivity (Wildman–Crippen MR) is 67.0 cm³/mol. The molecule has 0 bridgehead atoms. The lowest BCUT2D eigenvalue weighted by Gasteiger charge is -2.34. The summed E-state index contributed by atoms with van der Waals surface area (Å²) in [5.41, 5.74) is 1.05. The summed E-state index contributed by atoms with van der Waals surface area (Å²) in [6.07, 6.45) is 5.02. The van der Waals surface area contributed by atoms with Gasteiger partial charge >= 0.3 is 0 Å². The summed E-state index contributed by atoms with van der Waals surface area (Å²) in [6.45, 7) is 3.90. The number of piperazine rings is 1. The minimum absolute atomic E-state index is 0.251. The van der Waals surface area contributed by atoms with Gasteiger partial charge in [-0.15, -0.1) is 0 Å². The highest BCUT2D eigenvalue weighted by molar-refractivity contribution is 7.03. The van der Waals surface area contributed by atoms with Crippen molar-refractivity contribution < 1.29 is 4.79 Å². The van der Waals surface area contributed by atoms with E-state index in [1.807, 2.05) is 10.3 Å². The Morgan fingerprint density at radius 3 is 2.71 bits per heavy atom. The van der Waals surface area contributed by atoms with Gasteiger partial charge in [0.2, 0.25) is 5.91 Å². The molecule has 1 aliphatic heterocycles. The predicted octanol–water partition coefficient (Wildman–Crippen LogP) is 0.992. The Labute approximate surface area is 105 Å². The molecule has 5 heteroatoms. The summed E-state index contributed by atoms with van der Waals surface area (Å²) in [6, 6.07) is 0.827. The minimum atomic E-state index is 0.251. The minimum Gasteiger partial charge on any atom is -0.340 e. The molecule has 0 aromatic carbocycles. The summed E-state index contributed by atoms with van der Waals surface area (Å²) >= 11 is 1.41. The van der Waals surface area contributed by atoms with E-state index in [1.54, 1.807) is 6.20 Å². The van der Waals surface area contributed by atoms with Gasteiger partial charge in [0.05, 0.1) is 6.42 Å². The molecule has 0 radical (unpaired) electrons. The van der Waals surface area contributed by atoms with Gasteiger partial charge in [-0.2, -0.15) is 0 Å². The summed E-state index contributed by atoms with van der Waals surface area (Å²) in [4.78, 5) is 16.6. The average molecular weight is 251 g/mol. The Balaban J connectivity index is 1.50. The Morgan fingerprint density at radius 1 is 1.35 bits per heavy atom. The highest BCUT2D eigenvalue weighted by Crippen LogP contribution is 2.27. The Hall–Kier alpha value is -0.940. The van der Waals surface area contributed by atoms with Crippen molar-refractivity contribution in [3.63, 3.8) is 0 Å². The van der Waals surface area contributed by atoms with Crippen LogP contribution in [0.4, 0.5) is 0 Å². The smallest absolute Gasteiger partial charge is 0.227 e. The van der Waals surface area contributed by atoms with Crippen LogP contribution in [0.25, 0.3) is 0 Å². The largest absolute Gasteiger partial charge is 0.340 e. The van der Waals surface area contributed by atoms with Crippen LogP contribution in [0.1, 0.15) is 18.4 Å². The molecular weight excluding hydrogens is 234 g/mol. The molecule has 1 aromatic rings. The molecule has 3 rings (SSSR count). The molecule has 1 saturated carbocycles. The van der Waals surface area contributed by atoms with Gasteiger partial charge in [-0.05, 0) is 29.9 Å². The summed E-state index contributed by atoms with van der Waals surface area (Å²) < 4.78 is 4.03. The van der Waals surface area contributed by atoms with E-state index in [1.165, 1.54) is 24.4 Å². The highest BCUT2D eigenvalue weighted by atomic mass is 32.1. The molecular formula is C12H17N3OS. The molecule has 1 amide bonds. The maximum Gasteiger partial charge on any atom is 0.227 e. The van der Waals surface area contributed by atoms with Crippen LogP contribution in [0.3, 0.4) is 0 Å². The molecule has 4 nitrogen and oxygen atoms in total. The first-order valence-corrected chi connectivity index (χ1v) is 7.06. The second kappa shape index (κ2) is 4.74. The van der Waals surface area contributed by atoms with E-state index in [4.69, 9.17) is 0 Å². The fraction of sp³-hybridized carbons (Fsp3) is 0.667. The lowest BCUT2D eigenvalue weighted by molar-refractivity contribution is -0.132. The molecule has 17 heavy (non-hydrogen) atoms. The molecule has 92 valence electrons. The number of hydrogen-bond donors (Lipinski definition) is 0. The standard InChI is InChI=1S/C12H17N3OS/c16-12(7-10-8-13-17-9-10)15-5-3-14(4-6-15)11-1-2-11/h8-9,11H,1-7H2. The van der Waals surface area contributed by atoms with Crippen LogP contribution in [0.5, 0.6) is 0 Å². The third kappa shape index (κ3) is 2.66. The molecule has 0 N–H and O–H groups in total. The van der Waals surface area contributed by atoms with Gasteiger partial charge in [0.15, 0.2) is 0 Å². The topological polar surface area (TPSA) is 36.4 Å². The molecule has 1 aliphatic carbocycles. The Kier molecular flexibility index (Phi) is 3.11. The Morgan fingerprint density at radius 2 is 2.12 bits per heavy atom. The van der Waals surface area contributed by atoms with Crippen molar-refractivity contribution in [3.05, 3.63) is 17.1 Å². The van der Waals surface area contributed by atoms with Gasteiger partial charge in [0, 0.05) is 43.8 Å². The van der Waals surface area contributed by atoms with Gasteiger partial charge < -0.3 is 4.90 Å². The van der Waals surface area contributed by atoms with Crippen molar-refractivity contribution in [1.29, 1.82) is 0 Å². The lowest BCUT2D eigenvalue weighted by Crippen LogP contribution is -2.49. The molecule has 1 saturated heterocycles. The van der Waals surface area contributed by atoms with Crippen LogP contribution in [0.2, 0.25) is 0 Å². The van der Waals surface area contributed by atoms with Gasteiger partial charge in [-0.3, -0.25) is 9.69 Å². The summed E-state index contributed by atoms with van der Waals surface area (Å²) in [5, 5.41) is 1.96. The van der Waals surface area contributed by atoms with Gasteiger partial charge in [0.25, 0.3) is 0 Å². The number of nitrogens with zero attached hydrogens (tertiary/aromatic N) is 3. The molecule has 2 heterocycles. The van der Waals surface area contributed by atoms with Crippen LogP contribution in [0.15, 0.2) is 11.6 Å². The molecule has 2 aliphatic rings.